The Labute approximate surface area is 137 Å². The highest BCUT2D eigenvalue weighted by Gasteiger charge is 2.05. The first kappa shape index (κ1) is 15.2. The number of anilines is 1. The summed E-state index contributed by atoms with van der Waals surface area (Å²) in [5.74, 6) is -0.217. The van der Waals surface area contributed by atoms with Crippen molar-refractivity contribution in [3.05, 3.63) is 47.3 Å². The molecule has 2 heterocycles. The Morgan fingerprint density at radius 2 is 2.22 bits per heavy atom. The summed E-state index contributed by atoms with van der Waals surface area (Å²) < 4.78 is 1.09. The number of hydrogen-bond acceptors (Lipinski definition) is 5. The van der Waals surface area contributed by atoms with Crippen molar-refractivity contribution in [3.8, 4) is 0 Å². The predicted octanol–water partition coefficient (Wildman–Crippen LogP) is 2.80. The van der Waals surface area contributed by atoms with Crippen LogP contribution in [0.5, 0.6) is 0 Å². The van der Waals surface area contributed by atoms with Crippen LogP contribution in [-0.2, 0) is 4.79 Å². The van der Waals surface area contributed by atoms with Gasteiger partial charge in [0.1, 0.15) is 0 Å². The summed E-state index contributed by atoms with van der Waals surface area (Å²) in [5, 5.41) is 7.71. The maximum atomic E-state index is 11.8. The summed E-state index contributed by atoms with van der Waals surface area (Å²) >= 11 is 1.52. The summed E-state index contributed by atoms with van der Waals surface area (Å²) in [5.41, 5.74) is 6.47. The number of H-pyrrole nitrogens is 1. The van der Waals surface area contributed by atoms with Crippen molar-refractivity contribution in [1.82, 2.24) is 15.4 Å². The van der Waals surface area contributed by atoms with Crippen LogP contribution in [0.15, 0.2) is 35.4 Å². The van der Waals surface area contributed by atoms with Crippen LogP contribution < -0.4 is 10.7 Å². The van der Waals surface area contributed by atoms with Crippen LogP contribution in [0.4, 0.5) is 5.13 Å². The van der Waals surface area contributed by atoms with Crippen LogP contribution in [0.3, 0.4) is 0 Å². The highest BCUT2D eigenvalue weighted by Crippen LogP contribution is 2.24. The van der Waals surface area contributed by atoms with E-state index in [2.05, 4.69) is 25.8 Å². The molecule has 0 aliphatic heterocycles. The molecule has 118 valence electrons. The molecule has 1 aromatic carbocycles. The summed E-state index contributed by atoms with van der Waals surface area (Å²) in [4.78, 5) is 19.4. The Kier molecular flexibility index (Phi) is 4.38. The Morgan fingerprint density at radius 1 is 1.39 bits per heavy atom. The number of hydrogen-bond donors (Lipinski definition) is 3. The predicted molar refractivity (Wildman–Crippen MR) is 94.1 cm³/mol. The number of aryl methyl sites for hydroxylation is 2. The number of benzene rings is 1. The molecule has 1 amide bonds. The maximum absolute atomic E-state index is 11.8. The molecular formula is C16H17N5OS. The number of carbonyl (C=O) groups excluding carboxylic acids is 1. The van der Waals surface area contributed by atoms with Gasteiger partial charge in [0.25, 0.3) is 5.91 Å². The first-order valence-electron chi connectivity index (χ1n) is 7.19. The topological polar surface area (TPSA) is 82.2 Å². The molecule has 7 heteroatoms. The number of thiazole rings is 1. The minimum absolute atomic E-state index is 0.127. The second-order valence-corrected chi connectivity index (χ2v) is 6.20. The molecule has 0 saturated heterocycles. The van der Waals surface area contributed by atoms with Gasteiger partial charge in [0.2, 0.25) is 0 Å². The molecule has 3 rings (SSSR count). The molecular weight excluding hydrogens is 310 g/mol. The molecule has 3 aromatic rings. The Hall–Kier alpha value is -2.67. The summed E-state index contributed by atoms with van der Waals surface area (Å²) in [7, 11) is 0. The van der Waals surface area contributed by atoms with Gasteiger partial charge in [0, 0.05) is 17.0 Å². The van der Waals surface area contributed by atoms with Crippen LogP contribution in [0.2, 0.25) is 0 Å². The fraction of sp³-hybridized carbons (Fsp3) is 0.188. The van der Waals surface area contributed by atoms with Gasteiger partial charge in [-0.25, -0.2) is 10.4 Å². The molecule has 0 aliphatic rings. The molecule has 0 saturated carbocycles. The number of fused-ring (bicyclic) bond motifs is 1. The van der Waals surface area contributed by atoms with E-state index in [1.165, 1.54) is 11.3 Å². The lowest BCUT2D eigenvalue weighted by Gasteiger charge is -2.00. The standard InChI is InChI=1S/C16H17N5OS/c1-10-7-12(11(2)19-10)8-18-21-15(22)9-17-16-20-13-5-3-4-6-14(13)23-16/h3-8,19H,9H2,1-2H3,(H,17,20)(H,21,22)/b18-8+. The van der Waals surface area contributed by atoms with E-state index in [4.69, 9.17) is 0 Å². The zero-order chi connectivity index (χ0) is 16.2. The van der Waals surface area contributed by atoms with Gasteiger partial charge in [0.15, 0.2) is 5.13 Å². The molecule has 0 fully saturated rings. The average molecular weight is 327 g/mol. The van der Waals surface area contributed by atoms with Gasteiger partial charge in [-0.05, 0) is 32.0 Å². The number of aromatic nitrogens is 2. The van der Waals surface area contributed by atoms with Crippen molar-refractivity contribution in [1.29, 1.82) is 0 Å². The molecule has 2 aromatic heterocycles. The van der Waals surface area contributed by atoms with Gasteiger partial charge in [-0.2, -0.15) is 5.10 Å². The fourth-order valence-electron chi connectivity index (χ4n) is 2.20. The van der Waals surface area contributed by atoms with Crippen molar-refractivity contribution < 1.29 is 4.79 Å². The lowest BCUT2D eigenvalue weighted by molar-refractivity contribution is -0.119. The smallest absolute Gasteiger partial charge is 0.259 e. The number of hydrazone groups is 1. The number of rotatable bonds is 5. The minimum atomic E-state index is -0.217. The molecule has 23 heavy (non-hydrogen) atoms. The van der Waals surface area contributed by atoms with Crippen molar-refractivity contribution >= 4 is 38.8 Å². The van der Waals surface area contributed by atoms with Gasteiger partial charge in [-0.15, -0.1) is 0 Å². The molecule has 3 N–H and O–H groups in total. The second-order valence-electron chi connectivity index (χ2n) is 5.17. The first-order valence-corrected chi connectivity index (χ1v) is 8.01. The Morgan fingerprint density at radius 3 is 2.96 bits per heavy atom. The fourth-order valence-corrected chi connectivity index (χ4v) is 3.06. The molecule has 0 aliphatic carbocycles. The van der Waals surface area contributed by atoms with Crippen LogP contribution in [0.1, 0.15) is 17.0 Å². The number of para-hydroxylation sites is 1. The monoisotopic (exact) mass is 327 g/mol. The van der Waals surface area contributed by atoms with E-state index in [-0.39, 0.29) is 12.5 Å². The number of aromatic amines is 1. The zero-order valence-electron chi connectivity index (χ0n) is 12.9. The van der Waals surface area contributed by atoms with Gasteiger partial charge in [0.05, 0.1) is 23.0 Å². The lowest BCUT2D eigenvalue weighted by atomic mass is 10.3. The quantitative estimate of drug-likeness (QED) is 0.498. The largest absolute Gasteiger partial charge is 0.362 e. The van der Waals surface area contributed by atoms with Crippen molar-refractivity contribution in [2.75, 3.05) is 11.9 Å². The number of carbonyl (C=O) groups is 1. The van der Waals surface area contributed by atoms with Gasteiger partial charge < -0.3 is 10.3 Å². The van der Waals surface area contributed by atoms with Crippen molar-refractivity contribution in [3.63, 3.8) is 0 Å². The van der Waals surface area contributed by atoms with E-state index in [1.807, 2.05) is 44.2 Å². The van der Waals surface area contributed by atoms with Gasteiger partial charge in [-0.3, -0.25) is 4.79 Å². The number of nitrogens with zero attached hydrogens (tertiary/aromatic N) is 2. The maximum Gasteiger partial charge on any atom is 0.259 e. The Bertz CT molecular complexity index is 831. The van der Waals surface area contributed by atoms with Crippen LogP contribution >= 0.6 is 11.3 Å². The highest BCUT2D eigenvalue weighted by molar-refractivity contribution is 7.22. The minimum Gasteiger partial charge on any atom is -0.362 e. The van der Waals surface area contributed by atoms with E-state index in [0.717, 1.165) is 32.3 Å². The van der Waals surface area contributed by atoms with Crippen molar-refractivity contribution in [2.24, 2.45) is 5.10 Å². The normalized spacial score (nSPS) is 11.2. The zero-order valence-corrected chi connectivity index (χ0v) is 13.7. The van der Waals surface area contributed by atoms with E-state index in [9.17, 15) is 4.79 Å². The van der Waals surface area contributed by atoms with Crippen LogP contribution in [-0.4, -0.2) is 28.6 Å². The third-order valence-electron chi connectivity index (χ3n) is 3.28. The van der Waals surface area contributed by atoms with E-state index in [0.29, 0.717) is 0 Å². The third-order valence-corrected chi connectivity index (χ3v) is 4.27. The van der Waals surface area contributed by atoms with Gasteiger partial charge in [-0.1, -0.05) is 23.5 Å². The van der Waals surface area contributed by atoms with Crippen LogP contribution in [0, 0.1) is 13.8 Å². The summed E-state index contributed by atoms with van der Waals surface area (Å²) in [6.07, 6.45) is 1.63. The molecule has 0 unspecified atom stereocenters. The molecule has 0 bridgehead atoms. The van der Waals surface area contributed by atoms with E-state index in [1.54, 1.807) is 6.21 Å². The Balaban J connectivity index is 1.52. The van der Waals surface area contributed by atoms with Crippen LogP contribution in [0.25, 0.3) is 10.2 Å². The average Bonchev–Trinajstić information content (AvgIpc) is 3.08. The summed E-state index contributed by atoms with van der Waals surface area (Å²) in [6, 6.07) is 9.84. The number of amides is 1. The lowest BCUT2D eigenvalue weighted by Crippen LogP contribution is -2.25. The SMILES string of the molecule is Cc1cc(/C=N/NC(=O)CNc2nc3ccccc3s2)c(C)[nH]1. The number of nitrogens with one attached hydrogen (secondary N) is 3. The van der Waals surface area contributed by atoms with Gasteiger partial charge >= 0.3 is 0 Å². The summed E-state index contributed by atoms with van der Waals surface area (Å²) in [6.45, 7) is 4.07. The highest BCUT2D eigenvalue weighted by atomic mass is 32.1. The van der Waals surface area contributed by atoms with Crippen molar-refractivity contribution in [2.45, 2.75) is 13.8 Å². The molecule has 0 radical (unpaired) electrons. The van der Waals surface area contributed by atoms with E-state index < -0.39 is 0 Å². The second kappa shape index (κ2) is 6.62. The third kappa shape index (κ3) is 3.75. The molecule has 0 atom stereocenters. The molecule has 6 nitrogen and oxygen atoms in total. The van der Waals surface area contributed by atoms with E-state index >= 15 is 0 Å². The first-order chi connectivity index (χ1) is 11.1. The molecule has 0 spiro atoms.